The number of fused-ring (bicyclic) bond motifs is 1. The first-order valence-corrected chi connectivity index (χ1v) is 11.4. The van der Waals surface area contributed by atoms with Gasteiger partial charge in [0.15, 0.2) is 11.5 Å². The molecule has 4 rings (SSSR count). The van der Waals surface area contributed by atoms with E-state index in [1.54, 1.807) is 40.4 Å². The number of rotatable bonds is 9. The second kappa shape index (κ2) is 10.4. The maximum Gasteiger partial charge on any atom is 0.338 e. The molecule has 7 heteroatoms. The minimum Gasteiger partial charge on any atom is -0.493 e. The van der Waals surface area contributed by atoms with E-state index in [-0.39, 0.29) is 12.0 Å². The Kier molecular flexibility index (Phi) is 7.15. The molecule has 2 N–H and O–H groups in total. The van der Waals surface area contributed by atoms with Crippen molar-refractivity contribution in [1.29, 1.82) is 0 Å². The molecule has 0 aliphatic carbocycles. The Hall–Kier alpha value is -4.13. The normalized spacial score (nSPS) is 11.7. The summed E-state index contributed by atoms with van der Waals surface area (Å²) in [4.78, 5) is 15.6. The van der Waals surface area contributed by atoms with Gasteiger partial charge in [-0.25, -0.2) is 4.79 Å². The number of nitrogens with one attached hydrogen (secondary N) is 2. The predicted octanol–water partition coefficient (Wildman–Crippen LogP) is 5.88. The molecule has 1 unspecified atom stereocenters. The number of anilines is 1. The molecule has 0 aliphatic rings. The standard InChI is InChI=1S/C28H30N2O5/c1-6-35-28(31)18-11-13-20(14-12-18)30-26(25-17(2)29-22-10-8-7-9-21(22)25)19-15-23(32-3)27(34-5)24(16-19)33-4/h7-16,26,29-30H,6H2,1-5H3. The lowest BCUT2D eigenvalue weighted by Crippen LogP contribution is -2.14. The number of benzene rings is 3. The van der Waals surface area contributed by atoms with Crippen LogP contribution in [0, 0.1) is 6.92 Å². The number of aromatic nitrogens is 1. The summed E-state index contributed by atoms with van der Waals surface area (Å²) >= 11 is 0. The molecule has 0 saturated carbocycles. The largest absolute Gasteiger partial charge is 0.493 e. The smallest absolute Gasteiger partial charge is 0.338 e. The van der Waals surface area contributed by atoms with E-state index in [1.165, 1.54) is 0 Å². The Labute approximate surface area is 205 Å². The highest BCUT2D eigenvalue weighted by atomic mass is 16.5. The van der Waals surface area contributed by atoms with Gasteiger partial charge in [-0.15, -0.1) is 0 Å². The Morgan fingerprint density at radius 1 is 0.943 bits per heavy atom. The van der Waals surface area contributed by atoms with Crippen LogP contribution in [0.3, 0.4) is 0 Å². The van der Waals surface area contributed by atoms with Crippen LogP contribution >= 0.6 is 0 Å². The van der Waals surface area contributed by atoms with Crippen LogP contribution in [0.25, 0.3) is 10.9 Å². The summed E-state index contributed by atoms with van der Waals surface area (Å²) in [5, 5.41) is 4.76. The molecular formula is C28H30N2O5. The molecule has 0 radical (unpaired) electrons. The second-order valence-corrected chi connectivity index (χ2v) is 8.04. The second-order valence-electron chi connectivity index (χ2n) is 8.04. The lowest BCUT2D eigenvalue weighted by molar-refractivity contribution is 0.0526. The molecule has 1 atom stereocenters. The van der Waals surface area contributed by atoms with Gasteiger partial charge in [0.05, 0.1) is 39.5 Å². The molecule has 0 aliphatic heterocycles. The van der Waals surface area contributed by atoms with Crippen LogP contribution in [-0.4, -0.2) is 38.9 Å². The maximum absolute atomic E-state index is 12.1. The van der Waals surface area contributed by atoms with E-state index < -0.39 is 0 Å². The summed E-state index contributed by atoms with van der Waals surface area (Å²) in [7, 11) is 4.80. The molecule has 4 aromatic rings. The highest BCUT2D eigenvalue weighted by Gasteiger charge is 2.24. The number of carbonyl (C=O) groups is 1. The monoisotopic (exact) mass is 474 g/mol. The highest BCUT2D eigenvalue weighted by Crippen LogP contribution is 2.43. The van der Waals surface area contributed by atoms with E-state index >= 15 is 0 Å². The van der Waals surface area contributed by atoms with Crippen molar-refractivity contribution in [2.24, 2.45) is 0 Å². The topological polar surface area (TPSA) is 81.8 Å². The number of aromatic amines is 1. The number of carbonyl (C=O) groups excluding carboxylic acids is 1. The van der Waals surface area contributed by atoms with Gasteiger partial charge in [0, 0.05) is 27.8 Å². The van der Waals surface area contributed by atoms with Crippen molar-refractivity contribution in [3.8, 4) is 17.2 Å². The summed E-state index contributed by atoms with van der Waals surface area (Å²) < 4.78 is 21.9. The molecule has 0 spiro atoms. The fraction of sp³-hybridized carbons (Fsp3) is 0.250. The van der Waals surface area contributed by atoms with Gasteiger partial charge in [0.25, 0.3) is 0 Å². The van der Waals surface area contributed by atoms with Crippen molar-refractivity contribution in [3.05, 3.63) is 83.0 Å². The molecule has 7 nitrogen and oxygen atoms in total. The van der Waals surface area contributed by atoms with Crippen molar-refractivity contribution in [1.82, 2.24) is 4.98 Å². The Morgan fingerprint density at radius 3 is 2.20 bits per heavy atom. The molecule has 0 bridgehead atoms. The van der Waals surface area contributed by atoms with E-state index in [4.69, 9.17) is 18.9 Å². The van der Waals surface area contributed by atoms with Crippen LogP contribution in [0.2, 0.25) is 0 Å². The van der Waals surface area contributed by atoms with Gasteiger partial charge in [0.1, 0.15) is 0 Å². The minimum absolute atomic E-state index is 0.256. The summed E-state index contributed by atoms with van der Waals surface area (Å²) in [6, 6.07) is 19.1. The molecule has 1 heterocycles. The fourth-order valence-electron chi connectivity index (χ4n) is 4.34. The van der Waals surface area contributed by atoms with Crippen molar-refractivity contribution in [2.75, 3.05) is 33.3 Å². The zero-order chi connectivity index (χ0) is 24.9. The number of methoxy groups -OCH3 is 3. The molecule has 0 saturated heterocycles. The van der Waals surface area contributed by atoms with Crippen LogP contribution in [0.4, 0.5) is 5.69 Å². The third kappa shape index (κ3) is 4.75. The molecular weight excluding hydrogens is 444 g/mol. The quantitative estimate of drug-likeness (QED) is 0.295. The number of para-hydroxylation sites is 1. The summed E-state index contributed by atoms with van der Waals surface area (Å²) in [5.74, 6) is 1.34. The lowest BCUT2D eigenvalue weighted by Gasteiger charge is -2.24. The average Bonchev–Trinajstić information content (AvgIpc) is 3.22. The molecule has 182 valence electrons. The van der Waals surface area contributed by atoms with Crippen molar-refractivity contribution < 1.29 is 23.7 Å². The van der Waals surface area contributed by atoms with Crippen LogP contribution in [0.5, 0.6) is 17.2 Å². The molecule has 0 amide bonds. The van der Waals surface area contributed by atoms with Gasteiger partial charge < -0.3 is 29.2 Å². The zero-order valence-corrected chi connectivity index (χ0v) is 20.6. The molecule has 0 fully saturated rings. The fourth-order valence-corrected chi connectivity index (χ4v) is 4.34. The van der Waals surface area contributed by atoms with Crippen molar-refractivity contribution >= 4 is 22.6 Å². The van der Waals surface area contributed by atoms with Crippen molar-refractivity contribution in [3.63, 3.8) is 0 Å². The highest BCUT2D eigenvalue weighted by molar-refractivity contribution is 5.90. The number of hydrogen-bond donors (Lipinski definition) is 2. The third-order valence-corrected chi connectivity index (χ3v) is 5.96. The molecule has 3 aromatic carbocycles. The van der Waals surface area contributed by atoms with Gasteiger partial charge in [-0.1, -0.05) is 18.2 Å². The van der Waals surface area contributed by atoms with E-state index in [0.29, 0.717) is 29.4 Å². The summed E-state index contributed by atoms with van der Waals surface area (Å²) in [5.41, 5.74) is 5.48. The Bertz CT molecular complexity index is 1300. The molecule has 35 heavy (non-hydrogen) atoms. The molecule has 1 aromatic heterocycles. The third-order valence-electron chi connectivity index (χ3n) is 5.96. The van der Waals surface area contributed by atoms with Gasteiger partial charge in [-0.3, -0.25) is 0 Å². The van der Waals surface area contributed by atoms with E-state index in [0.717, 1.165) is 33.4 Å². The van der Waals surface area contributed by atoms with Crippen LogP contribution in [0.1, 0.15) is 40.1 Å². The van der Waals surface area contributed by atoms with Crippen LogP contribution in [-0.2, 0) is 4.74 Å². The number of H-pyrrole nitrogens is 1. The van der Waals surface area contributed by atoms with Gasteiger partial charge >= 0.3 is 5.97 Å². The minimum atomic E-state index is -0.340. The van der Waals surface area contributed by atoms with Crippen LogP contribution < -0.4 is 19.5 Å². The number of hydrogen-bond acceptors (Lipinski definition) is 6. The van der Waals surface area contributed by atoms with E-state index in [2.05, 4.69) is 29.4 Å². The number of ether oxygens (including phenoxy) is 4. The predicted molar refractivity (Wildman–Crippen MR) is 137 cm³/mol. The zero-order valence-electron chi connectivity index (χ0n) is 20.6. The van der Waals surface area contributed by atoms with Gasteiger partial charge in [-0.2, -0.15) is 0 Å². The summed E-state index contributed by atoms with van der Waals surface area (Å²) in [6.45, 7) is 4.19. The van der Waals surface area contributed by atoms with E-state index in [1.807, 2.05) is 36.4 Å². The van der Waals surface area contributed by atoms with Gasteiger partial charge in [0.2, 0.25) is 5.75 Å². The Balaban J connectivity index is 1.84. The first kappa shape index (κ1) is 24.0. The summed E-state index contributed by atoms with van der Waals surface area (Å²) in [6.07, 6.45) is 0. The van der Waals surface area contributed by atoms with E-state index in [9.17, 15) is 4.79 Å². The first-order chi connectivity index (χ1) is 17.0. The van der Waals surface area contributed by atoms with Gasteiger partial charge in [-0.05, 0) is 61.9 Å². The maximum atomic E-state index is 12.1. The SMILES string of the molecule is CCOC(=O)c1ccc(NC(c2cc(OC)c(OC)c(OC)c2)c2c(C)[nH]c3ccccc23)cc1. The number of esters is 1. The Morgan fingerprint density at radius 2 is 1.60 bits per heavy atom. The average molecular weight is 475 g/mol. The van der Waals surface area contributed by atoms with Crippen molar-refractivity contribution in [2.45, 2.75) is 19.9 Å². The first-order valence-electron chi connectivity index (χ1n) is 11.4. The lowest BCUT2D eigenvalue weighted by atomic mass is 9.94. The van der Waals surface area contributed by atoms with Crippen LogP contribution in [0.15, 0.2) is 60.7 Å². The number of aryl methyl sites for hydroxylation is 1.